The van der Waals surface area contributed by atoms with Gasteiger partial charge in [0.15, 0.2) is 5.44 Å². The van der Waals surface area contributed by atoms with Crippen LogP contribution in [0.4, 0.5) is 0 Å². The van der Waals surface area contributed by atoms with Crippen molar-refractivity contribution in [1.29, 1.82) is 0 Å². The van der Waals surface area contributed by atoms with E-state index in [-0.39, 0.29) is 12.3 Å². The first-order valence-electron chi connectivity index (χ1n) is 4.14. The van der Waals surface area contributed by atoms with E-state index in [0.717, 1.165) is 25.7 Å². The molecular formula is C7H14O4S. The summed E-state index contributed by atoms with van der Waals surface area (Å²) in [4.78, 5) is 0. The Kier molecular flexibility index (Phi) is 3.09. The Morgan fingerprint density at radius 3 is 2.25 bits per heavy atom. The lowest BCUT2D eigenvalue weighted by atomic mass is 10.1. The predicted octanol–water partition coefficient (Wildman–Crippen LogP) is 0.773. The summed E-state index contributed by atoms with van der Waals surface area (Å²) in [6.07, 6.45) is 4.31. The molecule has 5 heteroatoms. The van der Waals surface area contributed by atoms with Crippen molar-refractivity contribution in [2.24, 2.45) is 5.92 Å². The molecule has 1 rings (SSSR count). The largest absolute Gasteiger partial charge is 0.375 e. The maximum absolute atomic E-state index is 10.4. The fourth-order valence-corrected chi connectivity index (χ4v) is 2.17. The lowest BCUT2D eigenvalue weighted by Gasteiger charge is -2.11. The van der Waals surface area contributed by atoms with Gasteiger partial charge in [-0.2, -0.15) is 8.42 Å². The first kappa shape index (κ1) is 9.95. The highest BCUT2D eigenvalue weighted by Gasteiger charge is 2.25. The van der Waals surface area contributed by atoms with E-state index in [9.17, 15) is 8.42 Å². The second-order valence-corrected chi connectivity index (χ2v) is 4.93. The van der Waals surface area contributed by atoms with Crippen LogP contribution < -0.4 is 0 Å². The Morgan fingerprint density at radius 2 is 1.83 bits per heavy atom. The van der Waals surface area contributed by atoms with Gasteiger partial charge in [0.25, 0.3) is 10.1 Å². The molecule has 1 fully saturated rings. The third-order valence-corrected chi connectivity index (χ3v) is 3.23. The average molecular weight is 194 g/mol. The van der Waals surface area contributed by atoms with Gasteiger partial charge in [-0.3, -0.25) is 4.55 Å². The summed E-state index contributed by atoms with van der Waals surface area (Å²) in [5, 5.41) is 9.01. The first-order valence-corrected chi connectivity index (χ1v) is 5.65. The molecule has 0 aromatic heterocycles. The number of hydrogen-bond acceptors (Lipinski definition) is 3. The molecule has 0 radical (unpaired) electrons. The van der Waals surface area contributed by atoms with Crippen LogP contribution >= 0.6 is 0 Å². The standard InChI is InChI=1S/C7H14O4S/c8-7(12(9,10)11)5-6-3-1-2-4-6/h6-8H,1-5H2,(H,9,10,11). The van der Waals surface area contributed by atoms with Gasteiger partial charge in [0, 0.05) is 0 Å². The van der Waals surface area contributed by atoms with Crippen molar-refractivity contribution in [3.63, 3.8) is 0 Å². The molecular weight excluding hydrogens is 180 g/mol. The summed E-state index contributed by atoms with van der Waals surface area (Å²) in [7, 11) is -4.23. The number of rotatable bonds is 3. The lowest BCUT2D eigenvalue weighted by molar-refractivity contribution is 0.200. The molecule has 1 unspecified atom stereocenters. The zero-order chi connectivity index (χ0) is 9.19. The fraction of sp³-hybridized carbons (Fsp3) is 1.00. The van der Waals surface area contributed by atoms with Gasteiger partial charge in [-0.05, 0) is 12.3 Å². The molecule has 0 bridgehead atoms. The zero-order valence-electron chi connectivity index (χ0n) is 6.81. The normalized spacial score (nSPS) is 22.8. The molecule has 0 aliphatic heterocycles. The third kappa shape index (κ3) is 2.73. The van der Waals surface area contributed by atoms with Gasteiger partial charge >= 0.3 is 0 Å². The van der Waals surface area contributed by atoms with Crippen molar-refractivity contribution in [2.45, 2.75) is 37.5 Å². The van der Waals surface area contributed by atoms with Gasteiger partial charge in [-0.15, -0.1) is 0 Å². The first-order chi connectivity index (χ1) is 5.50. The maximum atomic E-state index is 10.4. The highest BCUT2D eigenvalue weighted by molar-refractivity contribution is 7.86. The van der Waals surface area contributed by atoms with Gasteiger partial charge in [-0.25, -0.2) is 0 Å². The van der Waals surface area contributed by atoms with Gasteiger partial charge in [0.05, 0.1) is 0 Å². The van der Waals surface area contributed by atoms with Crippen LogP contribution in [-0.2, 0) is 10.1 Å². The second-order valence-electron chi connectivity index (χ2n) is 3.36. The summed E-state index contributed by atoms with van der Waals surface area (Å²) in [5.41, 5.74) is -1.58. The van der Waals surface area contributed by atoms with E-state index in [4.69, 9.17) is 9.66 Å². The molecule has 0 aromatic carbocycles. The quantitative estimate of drug-likeness (QED) is 0.651. The Hall–Kier alpha value is -0.130. The van der Waals surface area contributed by atoms with E-state index >= 15 is 0 Å². The van der Waals surface area contributed by atoms with Crippen LogP contribution in [0.2, 0.25) is 0 Å². The fourth-order valence-electron chi connectivity index (χ4n) is 1.65. The monoisotopic (exact) mass is 194 g/mol. The van der Waals surface area contributed by atoms with Gasteiger partial charge in [0.1, 0.15) is 0 Å². The molecule has 0 amide bonds. The minimum absolute atomic E-state index is 0.179. The van der Waals surface area contributed by atoms with E-state index in [1.54, 1.807) is 0 Å². The molecule has 1 atom stereocenters. The van der Waals surface area contributed by atoms with E-state index in [1.165, 1.54) is 0 Å². The SMILES string of the molecule is O=S(=O)(O)C(O)CC1CCCC1. The number of aliphatic hydroxyl groups excluding tert-OH is 1. The molecule has 2 N–H and O–H groups in total. The number of hydrogen-bond donors (Lipinski definition) is 2. The molecule has 1 saturated carbocycles. The van der Waals surface area contributed by atoms with Crippen LogP contribution in [-0.4, -0.2) is 23.5 Å². The highest BCUT2D eigenvalue weighted by Crippen LogP contribution is 2.29. The minimum Gasteiger partial charge on any atom is -0.375 e. The average Bonchev–Trinajstić information content (AvgIpc) is 2.37. The Bertz CT molecular complexity index is 228. The molecule has 4 nitrogen and oxygen atoms in total. The Balaban J connectivity index is 2.40. The van der Waals surface area contributed by atoms with Crippen molar-refractivity contribution in [3.8, 4) is 0 Å². The van der Waals surface area contributed by atoms with E-state index in [0.29, 0.717) is 0 Å². The smallest absolute Gasteiger partial charge is 0.291 e. The molecule has 0 saturated heterocycles. The van der Waals surface area contributed by atoms with Crippen molar-refractivity contribution < 1.29 is 18.1 Å². The van der Waals surface area contributed by atoms with Crippen LogP contribution in [0.15, 0.2) is 0 Å². The Morgan fingerprint density at radius 1 is 1.33 bits per heavy atom. The number of aliphatic hydroxyl groups is 1. The van der Waals surface area contributed by atoms with E-state index in [1.807, 2.05) is 0 Å². The summed E-state index contributed by atoms with van der Waals surface area (Å²) in [6.45, 7) is 0. The van der Waals surface area contributed by atoms with Crippen LogP contribution in [0.1, 0.15) is 32.1 Å². The highest BCUT2D eigenvalue weighted by atomic mass is 32.2. The lowest BCUT2D eigenvalue weighted by Crippen LogP contribution is -2.22. The van der Waals surface area contributed by atoms with Gasteiger partial charge < -0.3 is 5.11 Å². The van der Waals surface area contributed by atoms with Crippen LogP contribution in [0, 0.1) is 5.92 Å². The van der Waals surface area contributed by atoms with Crippen molar-refractivity contribution in [1.82, 2.24) is 0 Å². The van der Waals surface area contributed by atoms with Gasteiger partial charge in [-0.1, -0.05) is 25.7 Å². The Labute approximate surface area is 72.3 Å². The molecule has 1 aliphatic carbocycles. The summed E-state index contributed by atoms with van der Waals surface area (Å²) >= 11 is 0. The van der Waals surface area contributed by atoms with E-state index < -0.39 is 15.6 Å². The topological polar surface area (TPSA) is 74.6 Å². The maximum Gasteiger partial charge on any atom is 0.291 e. The predicted molar refractivity (Wildman–Crippen MR) is 44.1 cm³/mol. The minimum atomic E-state index is -4.23. The molecule has 12 heavy (non-hydrogen) atoms. The van der Waals surface area contributed by atoms with Gasteiger partial charge in [0.2, 0.25) is 0 Å². The zero-order valence-corrected chi connectivity index (χ0v) is 7.63. The summed E-state index contributed by atoms with van der Waals surface area (Å²) < 4.78 is 29.3. The van der Waals surface area contributed by atoms with E-state index in [2.05, 4.69) is 0 Å². The molecule has 1 aliphatic rings. The molecule has 72 valence electrons. The molecule has 0 aromatic rings. The summed E-state index contributed by atoms with van der Waals surface area (Å²) in [6, 6.07) is 0. The van der Waals surface area contributed by atoms with Crippen LogP contribution in [0.25, 0.3) is 0 Å². The van der Waals surface area contributed by atoms with Crippen LogP contribution in [0.3, 0.4) is 0 Å². The molecule has 0 spiro atoms. The summed E-state index contributed by atoms with van der Waals surface area (Å²) in [5.74, 6) is 0.266. The van der Waals surface area contributed by atoms with Crippen LogP contribution in [0.5, 0.6) is 0 Å². The van der Waals surface area contributed by atoms with Crippen molar-refractivity contribution >= 4 is 10.1 Å². The third-order valence-electron chi connectivity index (χ3n) is 2.35. The second kappa shape index (κ2) is 3.72. The van der Waals surface area contributed by atoms with Crippen molar-refractivity contribution in [2.75, 3.05) is 0 Å². The molecule has 0 heterocycles. The van der Waals surface area contributed by atoms with Crippen molar-refractivity contribution in [3.05, 3.63) is 0 Å².